The van der Waals surface area contributed by atoms with E-state index in [1.165, 1.54) is 0 Å². The lowest BCUT2D eigenvalue weighted by Crippen LogP contribution is -2.05. The molecule has 0 radical (unpaired) electrons. The number of carboxylic acid groups (broad SMARTS) is 1. The van der Waals surface area contributed by atoms with Crippen molar-refractivity contribution in [2.75, 3.05) is 5.32 Å². The Bertz CT molecular complexity index is 590. The highest BCUT2D eigenvalue weighted by atomic mass is 16.4. The zero-order chi connectivity index (χ0) is 13.8. The number of aromatic carboxylic acids is 1. The average molecular weight is 259 g/mol. The molecule has 5 nitrogen and oxygen atoms in total. The van der Waals surface area contributed by atoms with Crippen LogP contribution in [-0.4, -0.2) is 20.9 Å². The second-order valence-electron chi connectivity index (χ2n) is 4.34. The number of aromatic nitrogens is 2. The molecule has 1 aromatic carbocycles. The molecule has 0 saturated heterocycles. The summed E-state index contributed by atoms with van der Waals surface area (Å²) in [5, 5.41) is 16.5. The number of carboxylic acids is 1. The van der Waals surface area contributed by atoms with Gasteiger partial charge in [-0.1, -0.05) is 6.07 Å². The first-order chi connectivity index (χ1) is 9.11. The third kappa shape index (κ3) is 2.93. The Morgan fingerprint density at radius 2 is 2.26 bits per heavy atom. The van der Waals surface area contributed by atoms with Gasteiger partial charge in [-0.2, -0.15) is 5.10 Å². The summed E-state index contributed by atoms with van der Waals surface area (Å²) in [6, 6.07) is 5.23. The molecule has 0 fully saturated rings. The zero-order valence-electron chi connectivity index (χ0n) is 11.1. The molecule has 0 spiro atoms. The third-order valence-corrected chi connectivity index (χ3v) is 3.06. The lowest BCUT2D eigenvalue weighted by atomic mass is 10.1. The molecule has 0 amide bonds. The number of aryl methyl sites for hydroxylation is 1. The van der Waals surface area contributed by atoms with E-state index >= 15 is 0 Å². The van der Waals surface area contributed by atoms with E-state index < -0.39 is 5.97 Å². The highest BCUT2D eigenvalue weighted by Crippen LogP contribution is 2.19. The van der Waals surface area contributed by atoms with Crippen LogP contribution < -0.4 is 5.32 Å². The minimum atomic E-state index is -0.903. The van der Waals surface area contributed by atoms with E-state index in [1.54, 1.807) is 19.1 Å². The first kappa shape index (κ1) is 13.1. The largest absolute Gasteiger partial charge is 0.478 e. The average Bonchev–Trinajstić information content (AvgIpc) is 2.85. The van der Waals surface area contributed by atoms with Gasteiger partial charge >= 0.3 is 5.97 Å². The minimum Gasteiger partial charge on any atom is -0.478 e. The normalized spacial score (nSPS) is 10.4. The Morgan fingerprint density at radius 1 is 1.47 bits per heavy atom. The molecule has 0 bridgehead atoms. The number of rotatable bonds is 5. The van der Waals surface area contributed by atoms with Crippen LogP contribution in [0, 0.1) is 6.92 Å². The Labute approximate surface area is 111 Å². The third-order valence-electron chi connectivity index (χ3n) is 3.06. The number of hydrogen-bond donors (Lipinski definition) is 2. The number of nitrogens with zero attached hydrogens (tertiary/aromatic N) is 2. The molecule has 19 heavy (non-hydrogen) atoms. The number of benzene rings is 1. The monoisotopic (exact) mass is 259 g/mol. The topological polar surface area (TPSA) is 67.2 Å². The smallest absolute Gasteiger partial charge is 0.336 e. The summed E-state index contributed by atoms with van der Waals surface area (Å²) in [5.74, 6) is -0.903. The van der Waals surface area contributed by atoms with Crippen molar-refractivity contribution < 1.29 is 9.90 Å². The minimum absolute atomic E-state index is 0.328. The Morgan fingerprint density at radius 3 is 2.89 bits per heavy atom. The molecule has 2 N–H and O–H groups in total. The van der Waals surface area contributed by atoms with Crippen LogP contribution in [0.1, 0.15) is 28.4 Å². The SMILES string of the molecule is CCn1cc(CNc2cccc(C(=O)O)c2C)cn1. The second-order valence-corrected chi connectivity index (χ2v) is 4.34. The fourth-order valence-electron chi connectivity index (χ4n) is 1.93. The van der Waals surface area contributed by atoms with Crippen molar-refractivity contribution in [1.82, 2.24) is 9.78 Å². The maximum absolute atomic E-state index is 11.0. The van der Waals surface area contributed by atoms with Gasteiger partial charge in [0.25, 0.3) is 0 Å². The molecule has 2 rings (SSSR count). The van der Waals surface area contributed by atoms with E-state index in [4.69, 9.17) is 5.11 Å². The van der Waals surface area contributed by atoms with E-state index in [9.17, 15) is 4.79 Å². The predicted molar refractivity (Wildman–Crippen MR) is 73.4 cm³/mol. The van der Waals surface area contributed by atoms with Crippen molar-refractivity contribution >= 4 is 11.7 Å². The number of nitrogens with one attached hydrogen (secondary N) is 1. The molecular formula is C14H17N3O2. The van der Waals surface area contributed by atoms with E-state index in [0.29, 0.717) is 12.1 Å². The molecule has 1 heterocycles. The number of carbonyl (C=O) groups is 1. The van der Waals surface area contributed by atoms with Crippen LogP contribution in [0.5, 0.6) is 0 Å². The van der Waals surface area contributed by atoms with Gasteiger partial charge in [0.15, 0.2) is 0 Å². The molecule has 2 aromatic rings. The molecule has 0 unspecified atom stereocenters. The van der Waals surface area contributed by atoms with Gasteiger partial charge in [-0.3, -0.25) is 4.68 Å². The van der Waals surface area contributed by atoms with Crippen LogP contribution in [0.25, 0.3) is 0 Å². The zero-order valence-corrected chi connectivity index (χ0v) is 11.1. The van der Waals surface area contributed by atoms with Gasteiger partial charge in [-0.05, 0) is 31.5 Å². The second kappa shape index (κ2) is 5.56. The number of anilines is 1. The van der Waals surface area contributed by atoms with Gasteiger partial charge < -0.3 is 10.4 Å². The van der Waals surface area contributed by atoms with Crippen molar-refractivity contribution in [2.24, 2.45) is 0 Å². The molecule has 0 aliphatic rings. The van der Waals surface area contributed by atoms with Crippen molar-refractivity contribution in [3.8, 4) is 0 Å². The van der Waals surface area contributed by atoms with Gasteiger partial charge in [0.2, 0.25) is 0 Å². The Balaban J connectivity index is 2.11. The fraction of sp³-hybridized carbons (Fsp3) is 0.286. The van der Waals surface area contributed by atoms with Crippen molar-refractivity contribution in [2.45, 2.75) is 26.9 Å². The van der Waals surface area contributed by atoms with Gasteiger partial charge in [0, 0.05) is 30.5 Å². The van der Waals surface area contributed by atoms with Gasteiger partial charge in [0.1, 0.15) is 0 Å². The molecule has 0 saturated carbocycles. The van der Waals surface area contributed by atoms with Crippen LogP contribution in [-0.2, 0) is 13.1 Å². The van der Waals surface area contributed by atoms with Crippen LogP contribution >= 0.6 is 0 Å². The first-order valence-corrected chi connectivity index (χ1v) is 6.20. The van der Waals surface area contributed by atoms with Gasteiger partial charge in [-0.15, -0.1) is 0 Å². The first-order valence-electron chi connectivity index (χ1n) is 6.20. The molecule has 0 aliphatic carbocycles. The van der Waals surface area contributed by atoms with E-state index in [-0.39, 0.29) is 0 Å². The summed E-state index contributed by atoms with van der Waals surface area (Å²) in [6.07, 6.45) is 3.79. The molecule has 100 valence electrons. The summed E-state index contributed by atoms with van der Waals surface area (Å²) in [6.45, 7) is 5.31. The van der Waals surface area contributed by atoms with Gasteiger partial charge in [0.05, 0.1) is 11.8 Å². The van der Waals surface area contributed by atoms with Crippen molar-refractivity contribution in [3.05, 3.63) is 47.3 Å². The molecule has 0 aliphatic heterocycles. The predicted octanol–water partition coefficient (Wildman–Crippen LogP) is 2.52. The molecule has 1 aromatic heterocycles. The van der Waals surface area contributed by atoms with Crippen LogP contribution in [0.3, 0.4) is 0 Å². The fourth-order valence-corrected chi connectivity index (χ4v) is 1.93. The summed E-state index contributed by atoms with van der Waals surface area (Å²) in [4.78, 5) is 11.0. The quantitative estimate of drug-likeness (QED) is 0.865. The van der Waals surface area contributed by atoms with E-state index in [2.05, 4.69) is 10.4 Å². The van der Waals surface area contributed by atoms with Crippen LogP contribution in [0.15, 0.2) is 30.6 Å². The summed E-state index contributed by atoms with van der Waals surface area (Å²) < 4.78 is 1.86. The maximum atomic E-state index is 11.0. The lowest BCUT2D eigenvalue weighted by Gasteiger charge is -2.10. The van der Waals surface area contributed by atoms with Gasteiger partial charge in [-0.25, -0.2) is 4.79 Å². The summed E-state index contributed by atoms with van der Waals surface area (Å²) in [5.41, 5.74) is 2.98. The standard InChI is InChI=1S/C14H17N3O2/c1-3-17-9-11(8-16-17)7-15-13-6-4-5-12(10(13)2)14(18)19/h4-6,8-9,15H,3,7H2,1-2H3,(H,18,19). The lowest BCUT2D eigenvalue weighted by molar-refractivity contribution is 0.0696. The van der Waals surface area contributed by atoms with Crippen LogP contribution in [0.2, 0.25) is 0 Å². The van der Waals surface area contributed by atoms with E-state index in [0.717, 1.165) is 23.4 Å². The van der Waals surface area contributed by atoms with Crippen molar-refractivity contribution in [1.29, 1.82) is 0 Å². The summed E-state index contributed by atoms with van der Waals surface area (Å²) >= 11 is 0. The maximum Gasteiger partial charge on any atom is 0.336 e. The molecule has 0 atom stereocenters. The summed E-state index contributed by atoms with van der Waals surface area (Å²) in [7, 11) is 0. The Kier molecular flexibility index (Phi) is 3.85. The van der Waals surface area contributed by atoms with Crippen LogP contribution in [0.4, 0.5) is 5.69 Å². The Hall–Kier alpha value is -2.30. The molecule has 5 heteroatoms. The highest BCUT2D eigenvalue weighted by Gasteiger charge is 2.09. The van der Waals surface area contributed by atoms with Crippen molar-refractivity contribution in [3.63, 3.8) is 0 Å². The number of hydrogen-bond acceptors (Lipinski definition) is 3. The highest BCUT2D eigenvalue weighted by molar-refractivity contribution is 5.91. The molecular weight excluding hydrogens is 242 g/mol. The van der Waals surface area contributed by atoms with E-state index in [1.807, 2.05) is 30.1 Å².